The fourth-order valence-electron chi connectivity index (χ4n) is 2.98. The third kappa shape index (κ3) is 5.08. The summed E-state index contributed by atoms with van der Waals surface area (Å²) >= 11 is 0. The predicted octanol–water partition coefficient (Wildman–Crippen LogP) is 2.89. The molecule has 2 amide bonds. The van der Waals surface area contributed by atoms with Crippen LogP contribution in [-0.2, 0) is 9.59 Å². The summed E-state index contributed by atoms with van der Waals surface area (Å²) in [7, 11) is 1.85. The molecular weight excluding hydrogens is 308 g/mol. The third-order valence-corrected chi connectivity index (χ3v) is 4.42. The summed E-state index contributed by atoms with van der Waals surface area (Å²) in [4.78, 5) is 36.4. The molecule has 1 aromatic carbocycles. The van der Waals surface area contributed by atoms with Crippen LogP contribution in [0.4, 0.5) is 5.69 Å². The molecule has 1 aromatic rings. The number of carboxylic acids is 1. The number of hydrogen-bond donors (Lipinski definition) is 2. The van der Waals surface area contributed by atoms with Gasteiger partial charge in [-0.2, -0.15) is 0 Å². The molecule has 1 aliphatic rings. The first kappa shape index (κ1) is 18.0. The Kier molecular flexibility index (Phi) is 6.35. The largest absolute Gasteiger partial charge is 0.481 e. The van der Waals surface area contributed by atoms with Gasteiger partial charge >= 0.3 is 5.97 Å². The van der Waals surface area contributed by atoms with E-state index in [-0.39, 0.29) is 24.7 Å². The van der Waals surface area contributed by atoms with E-state index in [4.69, 9.17) is 5.11 Å². The second-order valence-corrected chi connectivity index (χ2v) is 6.23. The number of carbonyl (C=O) groups excluding carboxylic acids is 2. The van der Waals surface area contributed by atoms with Crippen LogP contribution in [0.2, 0.25) is 0 Å². The lowest BCUT2D eigenvalue weighted by molar-refractivity contribution is -0.138. The molecule has 0 radical (unpaired) electrons. The quantitative estimate of drug-likeness (QED) is 0.838. The van der Waals surface area contributed by atoms with E-state index >= 15 is 0 Å². The molecule has 0 atom stereocenters. The molecule has 130 valence electrons. The molecule has 1 fully saturated rings. The van der Waals surface area contributed by atoms with Crippen molar-refractivity contribution in [1.82, 2.24) is 4.90 Å². The van der Waals surface area contributed by atoms with Crippen molar-refractivity contribution >= 4 is 23.5 Å². The summed E-state index contributed by atoms with van der Waals surface area (Å²) in [5.41, 5.74) is 1.15. The topological polar surface area (TPSA) is 86.7 Å². The molecule has 1 aliphatic carbocycles. The maximum absolute atomic E-state index is 12.5. The standard InChI is InChI=1S/C18H24N2O4/c1-20(15-5-3-2-4-6-15)18(24)13-7-9-14(10-8-13)19-16(21)11-12-17(22)23/h7-10,15H,2-6,11-12H2,1H3,(H,19,21)(H,22,23). The summed E-state index contributed by atoms with van der Waals surface area (Å²) < 4.78 is 0. The average Bonchev–Trinajstić information content (AvgIpc) is 2.60. The van der Waals surface area contributed by atoms with Gasteiger partial charge in [0.1, 0.15) is 0 Å². The fraction of sp³-hybridized carbons (Fsp3) is 0.500. The second-order valence-electron chi connectivity index (χ2n) is 6.23. The van der Waals surface area contributed by atoms with Crippen LogP contribution in [0.25, 0.3) is 0 Å². The maximum atomic E-state index is 12.5. The summed E-state index contributed by atoms with van der Waals surface area (Å²) in [6, 6.07) is 7.02. The van der Waals surface area contributed by atoms with Gasteiger partial charge in [0, 0.05) is 30.8 Å². The number of anilines is 1. The molecule has 0 unspecified atom stereocenters. The van der Waals surface area contributed by atoms with E-state index in [0.717, 1.165) is 12.8 Å². The summed E-state index contributed by atoms with van der Waals surface area (Å²) in [5.74, 6) is -1.36. The fourth-order valence-corrected chi connectivity index (χ4v) is 2.98. The van der Waals surface area contributed by atoms with Crippen molar-refractivity contribution < 1.29 is 19.5 Å². The number of rotatable bonds is 6. The van der Waals surface area contributed by atoms with Crippen molar-refractivity contribution in [3.05, 3.63) is 29.8 Å². The van der Waals surface area contributed by atoms with E-state index in [2.05, 4.69) is 5.32 Å². The first-order chi connectivity index (χ1) is 11.5. The first-order valence-corrected chi connectivity index (χ1v) is 8.36. The minimum Gasteiger partial charge on any atom is -0.481 e. The molecule has 0 bridgehead atoms. The lowest BCUT2D eigenvalue weighted by Gasteiger charge is -2.31. The Labute approximate surface area is 141 Å². The Morgan fingerprint density at radius 1 is 1.08 bits per heavy atom. The number of hydrogen-bond acceptors (Lipinski definition) is 3. The number of amides is 2. The van der Waals surface area contributed by atoms with Crippen LogP contribution in [-0.4, -0.2) is 40.9 Å². The molecule has 2 N–H and O–H groups in total. The van der Waals surface area contributed by atoms with E-state index in [1.54, 1.807) is 24.3 Å². The smallest absolute Gasteiger partial charge is 0.303 e. The van der Waals surface area contributed by atoms with E-state index < -0.39 is 5.97 Å². The van der Waals surface area contributed by atoms with Crippen molar-refractivity contribution in [3.63, 3.8) is 0 Å². The number of nitrogens with zero attached hydrogens (tertiary/aromatic N) is 1. The number of carboxylic acid groups (broad SMARTS) is 1. The van der Waals surface area contributed by atoms with Crippen LogP contribution in [0.1, 0.15) is 55.3 Å². The van der Waals surface area contributed by atoms with Crippen molar-refractivity contribution in [3.8, 4) is 0 Å². The van der Waals surface area contributed by atoms with Crippen LogP contribution >= 0.6 is 0 Å². The van der Waals surface area contributed by atoms with Crippen LogP contribution in [0, 0.1) is 0 Å². The van der Waals surface area contributed by atoms with E-state index in [0.29, 0.717) is 17.3 Å². The molecule has 2 rings (SSSR count). The van der Waals surface area contributed by atoms with E-state index in [1.165, 1.54) is 19.3 Å². The Hall–Kier alpha value is -2.37. The first-order valence-electron chi connectivity index (χ1n) is 8.36. The molecule has 0 aliphatic heterocycles. The lowest BCUT2D eigenvalue weighted by atomic mass is 9.94. The minimum atomic E-state index is -1.00. The van der Waals surface area contributed by atoms with Gasteiger partial charge in [-0.25, -0.2) is 0 Å². The zero-order valence-electron chi connectivity index (χ0n) is 14.0. The monoisotopic (exact) mass is 332 g/mol. The lowest BCUT2D eigenvalue weighted by Crippen LogP contribution is -2.38. The predicted molar refractivity (Wildman–Crippen MR) is 90.9 cm³/mol. The molecule has 0 saturated heterocycles. The summed E-state index contributed by atoms with van der Waals surface area (Å²) in [5, 5.41) is 11.2. The molecule has 0 heterocycles. The van der Waals surface area contributed by atoms with Crippen molar-refractivity contribution in [2.75, 3.05) is 12.4 Å². The SMILES string of the molecule is CN(C(=O)c1ccc(NC(=O)CCC(=O)O)cc1)C1CCCCC1. The zero-order chi connectivity index (χ0) is 17.5. The molecule has 6 heteroatoms. The van der Waals surface area contributed by atoms with Crippen molar-refractivity contribution in [2.24, 2.45) is 0 Å². The second kappa shape index (κ2) is 8.47. The van der Waals surface area contributed by atoms with Gasteiger partial charge in [0.15, 0.2) is 0 Å². The highest BCUT2D eigenvalue weighted by atomic mass is 16.4. The Morgan fingerprint density at radius 2 is 1.71 bits per heavy atom. The van der Waals surface area contributed by atoms with Gasteiger partial charge in [-0.15, -0.1) is 0 Å². The Balaban J connectivity index is 1.91. The zero-order valence-corrected chi connectivity index (χ0v) is 14.0. The molecule has 1 saturated carbocycles. The van der Waals surface area contributed by atoms with Gasteiger partial charge in [0.2, 0.25) is 5.91 Å². The number of benzene rings is 1. The number of carbonyl (C=O) groups is 3. The Bertz CT molecular complexity index is 592. The van der Waals surface area contributed by atoms with Crippen molar-refractivity contribution in [2.45, 2.75) is 51.0 Å². The Morgan fingerprint density at radius 3 is 2.29 bits per heavy atom. The summed E-state index contributed by atoms with van der Waals surface area (Å²) in [6.45, 7) is 0. The van der Waals surface area contributed by atoms with Gasteiger partial charge in [-0.05, 0) is 37.1 Å². The van der Waals surface area contributed by atoms with E-state index in [1.807, 2.05) is 11.9 Å². The van der Waals surface area contributed by atoms with Crippen LogP contribution in [0.15, 0.2) is 24.3 Å². The van der Waals surface area contributed by atoms with Crippen molar-refractivity contribution in [1.29, 1.82) is 0 Å². The van der Waals surface area contributed by atoms with Gasteiger partial charge in [0.25, 0.3) is 5.91 Å². The summed E-state index contributed by atoms with van der Waals surface area (Å²) in [6.07, 6.45) is 5.43. The highest BCUT2D eigenvalue weighted by Crippen LogP contribution is 2.23. The van der Waals surface area contributed by atoms with Gasteiger partial charge in [-0.1, -0.05) is 19.3 Å². The normalized spacial score (nSPS) is 14.9. The van der Waals surface area contributed by atoms with Crippen LogP contribution in [0.5, 0.6) is 0 Å². The molecule has 0 spiro atoms. The average molecular weight is 332 g/mol. The number of nitrogens with one attached hydrogen (secondary N) is 1. The molecule has 6 nitrogen and oxygen atoms in total. The van der Waals surface area contributed by atoms with Gasteiger partial charge in [0.05, 0.1) is 6.42 Å². The third-order valence-electron chi connectivity index (χ3n) is 4.42. The number of aliphatic carboxylic acids is 1. The molecule has 0 aromatic heterocycles. The highest BCUT2D eigenvalue weighted by Gasteiger charge is 2.22. The van der Waals surface area contributed by atoms with Gasteiger partial charge < -0.3 is 15.3 Å². The molecular formula is C18H24N2O4. The van der Waals surface area contributed by atoms with E-state index in [9.17, 15) is 14.4 Å². The van der Waals surface area contributed by atoms with Crippen LogP contribution < -0.4 is 5.32 Å². The van der Waals surface area contributed by atoms with Gasteiger partial charge in [-0.3, -0.25) is 14.4 Å². The van der Waals surface area contributed by atoms with Crippen LogP contribution in [0.3, 0.4) is 0 Å². The maximum Gasteiger partial charge on any atom is 0.303 e. The minimum absolute atomic E-state index is 0.00865. The molecule has 24 heavy (non-hydrogen) atoms. The highest BCUT2D eigenvalue weighted by molar-refractivity contribution is 5.96.